The van der Waals surface area contributed by atoms with Crippen LogP contribution in [0, 0.1) is 0 Å². The predicted molar refractivity (Wildman–Crippen MR) is 94.8 cm³/mol. The lowest BCUT2D eigenvalue weighted by Gasteiger charge is -2.27. The molecule has 1 fully saturated rings. The van der Waals surface area contributed by atoms with Gasteiger partial charge in [0.1, 0.15) is 0 Å². The van der Waals surface area contributed by atoms with Crippen molar-refractivity contribution < 1.29 is 19.1 Å². The lowest BCUT2D eigenvalue weighted by molar-refractivity contribution is -0.141. The van der Waals surface area contributed by atoms with Gasteiger partial charge < -0.3 is 15.0 Å². The first kappa shape index (κ1) is 19.2. The first-order valence-electron chi connectivity index (χ1n) is 8.09. The molecule has 6 nitrogen and oxygen atoms in total. The van der Waals surface area contributed by atoms with E-state index in [0.29, 0.717) is 23.6 Å². The van der Waals surface area contributed by atoms with Crippen LogP contribution in [-0.4, -0.2) is 46.9 Å². The van der Waals surface area contributed by atoms with Gasteiger partial charge in [-0.25, -0.2) is 4.79 Å². The van der Waals surface area contributed by atoms with E-state index < -0.39 is 17.2 Å². The normalized spacial score (nSPS) is 20.5. The van der Waals surface area contributed by atoms with Crippen LogP contribution in [-0.2, 0) is 9.53 Å². The molecule has 0 spiro atoms. The largest absolute Gasteiger partial charge is 0.433 e. The Morgan fingerprint density at radius 3 is 2.64 bits per heavy atom. The number of halogens is 1. The van der Waals surface area contributed by atoms with Crippen molar-refractivity contribution in [3.8, 4) is 0 Å². The first-order valence-corrected chi connectivity index (χ1v) is 8.47. The average molecular weight is 367 g/mol. The number of alkyl carbamates (subject to hydrolysis) is 1. The Kier molecular flexibility index (Phi) is 5.42. The number of ether oxygens (including phenoxy) is 1. The second kappa shape index (κ2) is 7.04. The second-order valence-electron chi connectivity index (χ2n) is 7.41. The van der Waals surface area contributed by atoms with Crippen LogP contribution < -0.4 is 5.32 Å². The summed E-state index contributed by atoms with van der Waals surface area (Å²) in [6.07, 6.45) is -0.307. The van der Waals surface area contributed by atoms with Crippen LogP contribution in [0.25, 0.3) is 0 Å². The predicted octanol–water partition coefficient (Wildman–Crippen LogP) is 3.04. The minimum atomic E-state index is -1.26. The van der Waals surface area contributed by atoms with E-state index in [1.807, 2.05) is 20.8 Å². The Bertz CT molecular complexity index is 699. The van der Waals surface area contributed by atoms with Crippen molar-refractivity contribution in [3.05, 3.63) is 34.9 Å². The Labute approximate surface area is 152 Å². The van der Waals surface area contributed by atoms with E-state index in [0.717, 1.165) is 0 Å². The Balaban J connectivity index is 2.01. The highest BCUT2D eigenvalue weighted by atomic mass is 35.5. The monoisotopic (exact) mass is 366 g/mol. The molecule has 0 aromatic heterocycles. The number of hydrogen-bond donors (Lipinski definition) is 1. The third kappa shape index (κ3) is 4.95. The number of rotatable bonds is 4. The van der Waals surface area contributed by atoms with Crippen molar-refractivity contribution in [1.29, 1.82) is 0 Å². The van der Waals surface area contributed by atoms with Gasteiger partial charge in [-0.15, -0.1) is 0 Å². The van der Waals surface area contributed by atoms with E-state index in [2.05, 4.69) is 5.32 Å². The number of Topliss-reactive ketones (excluding diaryl/α,β-unsaturated/α-hetero) is 1. The van der Waals surface area contributed by atoms with E-state index in [4.69, 9.17) is 16.3 Å². The van der Waals surface area contributed by atoms with E-state index in [1.165, 1.54) is 4.90 Å². The van der Waals surface area contributed by atoms with Crippen molar-refractivity contribution in [1.82, 2.24) is 10.2 Å². The average Bonchev–Trinajstić information content (AvgIpc) is 2.73. The number of carbonyl (C=O) groups is 3. The van der Waals surface area contributed by atoms with Crippen LogP contribution in [0.15, 0.2) is 24.3 Å². The van der Waals surface area contributed by atoms with Gasteiger partial charge in [-0.3, -0.25) is 9.59 Å². The summed E-state index contributed by atoms with van der Waals surface area (Å²) in [4.78, 5) is 38.3. The number of benzene rings is 1. The van der Waals surface area contributed by atoms with Crippen molar-refractivity contribution in [2.75, 3.05) is 13.1 Å². The molecule has 0 bridgehead atoms. The third-order valence-electron chi connectivity index (χ3n) is 3.87. The number of hydrogen-bond acceptors (Lipinski definition) is 4. The maximum Gasteiger partial charge on any atom is 0.408 e. The molecule has 1 aliphatic heterocycles. The topological polar surface area (TPSA) is 75.7 Å². The van der Waals surface area contributed by atoms with Crippen LogP contribution in [0.3, 0.4) is 0 Å². The number of nitrogens with one attached hydrogen (secondary N) is 1. The molecule has 1 unspecified atom stereocenters. The summed E-state index contributed by atoms with van der Waals surface area (Å²) >= 11 is 5.89. The summed E-state index contributed by atoms with van der Waals surface area (Å²) < 4.78 is 5.35. The molecular weight excluding hydrogens is 344 g/mol. The quantitative estimate of drug-likeness (QED) is 0.831. The first-order chi connectivity index (χ1) is 11.5. The number of nitrogens with zero attached hydrogens (tertiary/aromatic N) is 1. The minimum Gasteiger partial charge on any atom is -0.433 e. The van der Waals surface area contributed by atoms with Crippen molar-refractivity contribution >= 4 is 29.4 Å². The number of likely N-dealkylation sites (tertiary alicyclic amines) is 1. The van der Waals surface area contributed by atoms with Crippen molar-refractivity contribution in [3.63, 3.8) is 0 Å². The zero-order valence-corrected chi connectivity index (χ0v) is 15.6. The number of amides is 2. The summed E-state index contributed by atoms with van der Waals surface area (Å²) in [5.74, 6) is -0.578. The van der Waals surface area contributed by atoms with Crippen LogP contribution in [0.2, 0.25) is 5.02 Å². The third-order valence-corrected chi connectivity index (χ3v) is 4.11. The Hall–Kier alpha value is -2.08. The lowest BCUT2D eigenvalue weighted by Crippen LogP contribution is -2.48. The molecule has 0 radical (unpaired) electrons. The van der Waals surface area contributed by atoms with E-state index in [1.54, 1.807) is 31.2 Å². The lowest BCUT2D eigenvalue weighted by atomic mass is 10.1. The molecule has 0 aliphatic carbocycles. The van der Waals surface area contributed by atoms with Crippen LogP contribution in [0.4, 0.5) is 4.79 Å². The van der Waals surface area contributed by atoms with Gasteiger partial charge in [-0.1, -0.05) is 23.7 Å². The molecule has 1 atom stereocenters. The summed E-state index contributed by atoms with van der Waals surface area (Å²) in [7, 11) is 0. The Morgan fingerprint density at radius 1 is 1.36 bits per heavy atom. The van der Waals surface area contributed by atoms with Crippen molar-refractivity contribution in [2.24, 2.45) is 0 Å². The maximum atomic E-state index is 12.6. The van der Waals surface area contributed by atoms with Gasteiger partial charge in [0.2, 0.25) is 0 Å². The number of carbonyl (C=O) groups excluding carboxylic acids is 3. The van der Waals surface area contributed by atoms with Gasteiger partial charge in [0.05, 0.1) is 6.54 Å². The molecule has 2 rings (SSSR count). The molecule has 0 saturated carbocycles. The zero-order chi connectivity index (χ0) is 18.8. The van der Waals surface area contributed by atoms with E-state index in [-0.39, 0.29) is 18.2 Å². The highest BCUT2D eigenvalue weighted by Gasteiger charge is 2.47. The van der Waals surface area contributed by atoms with Gasteiger partial charge >= 0.3 is 6.09 Å². The van der Waals surface area contributed by atoms with Gasteiger partial charge in [-0.05, 0) is 39.8 Å². The highest BCUT2D eigenvalue weighted by molar-refractivity contribution is 6.31. The molecule has 7 heteroatoms. The van der Waals surface area contributed by atoms with Gasteiger partial charge in [0.25, 0.3) is 5.91 Å². The molecule has 1 N–H and O–H groups in total. The fourth-order valence-corrected chi connectivity index (χ4v) is 2.79. The summed E-state index contributed by atoms with van der Waals surface area (Å²) in [6.45, 7) is 7.32. The van der Waals surface area contributed by atoms with Crippen molar-refractivity contribution in [2.45, 2.75) is 45.3 Å². The molecule has 1 aromatic carbocycles. The van der Waals surface area contributed by atoms with Gasteiger partial charge in [0.15, 0.2) is 11.4 Å². The zero-order valence-electron chi connectivity index (χ0n) is 14.9. The maximum absolute atomic E-state index is 12.6. The molecule has 2 amide bonds. The highest BCUT2D eigenvalue weighted by Crippen LogP contribution is 2.27. The van der Waals surface area contributed by atoms with E-state index >= 15 is 0 Å². The second-order valence-corrected chi connectivity index (χ2v) is 7.84. The molecule has 25 heavy (non-hydrogen) atoms. The molecule has 1 saturated heterocycles. The number of ketones is 1. The van der Waals surface area contributed by atoms with Crippen LogP contribution >= 0.6 is 11.6 Å². The molecular formula is C18H23ClN2O4. The molecule has 1 heterocycles. The summed E-state index contributed by atoms with van der Waals surface area (Å²) in [6, 6.07) is 6.58. The summed E-state index contributed by atoms with van der Waals surface area (Å²) in [5, 5.41) is 3.13. The SMILES string of the molecule is CC(C)(C)NC(=O)OC1(C)CCN(CC(=O)c2cccc(Cl)c2)C1=O. The fraction of sp³-hybridized carbons (Fsp3) is 0.500. The van der Waals surface area contributed by atoms with Gasteiger partial charge in [0, 0.05) is 29.1 Å². The molecule has 136 valence electrons. The molecule has 1 aliphatic rings. The smallest absolute Gasteiger partial charge is 0.408 e. The van der Waals surface area contributed by atoms with E-state index in [9.17, 15) is 14.4 Å². The minimum absolute atomic E-state index is 0.0704. The Morgan fingerprint density at radius 2 is 2.04 bits per heavy atom. The molecule has 1 aromatic rings. The van der Waals surface area contributed by atoms with Crippen LogP contribution in [0.5, 0.6) is 0 Å². The summed E-state index contributed by atoms with van der Waals surface area (Å²) in [5.41, 5.74) is -1.28. The van der Waals surface area contributed by atoms with Crippen LogP contribution in [0.1, 0.15) is 44.5 Å². The fourth-order valence-electron chi connectivity index (χ4n) is 2.60. The van der Waals surface area contributed by atoms with Gasteiger partial charge in [-0.2, -0.15) is 0 Å². The standard InChI is InChI=1S/C18H23ClN2O4/c1-17(2,3)20-16(24)25-18(4)8-9-21(15(18)23)11-14(22)12-6-5-7-13(19)10-12/h5-7,10H,8-9,11H2,1-4H3,(H,20,24).